The van der Waals surface area contributed by atoms with Crippen LogP contribution in [0.25, 0.3) is 0 Å². The molecule has 1 amide bonds. The second-order valence-corrected chi connectivity index (χ2v) is 6.33. The molecule has 2 unspecified atom stereocenters. The maximum Gasteiger partial charge on any atom is 0.307 e. The number of carbonyl (C=O) groups excluding carboxylic acids is 1. The smallest absolute Gasteiger partial charge is 0.307 e. The number of carboxylic acid groups (broad SMARTS) is 1. The van der Waals surface area contributed by atoms with E-state index in [1.54, 1.807) is 12.1 Å². The second kappa shape index (κ2) is 6.62. The van der Waals surface area contributed by atoms with Crippen LogP contribution in [-0.2, 0) is 9.59 Å². The molecule has 2 N–H and O–H groups in total. The highest BCUT2D eigenvalue weighted by molar-refractivity contribution is 9.10. The lowest BCUT2D eigenvalue weighted by Crippen LogP contribution is -2.34. The zero-order chi connectivity index (χ0) is 15.6. The van der Waals surface area contributed by atoms with Crippen molar-refractivity contribution < 1.29 is 14.7 Å². The SMILES string of the molecule is Cc1cc(Br)c(NC(=O)C2CC=CCC2C(=O)O)cc1Cl. The van der Waals surface area contributed by atoms with E-state index in [1.807, 2.05) is 19.1 Å². The predicted octanol–water partition coefficient (Wildman–Crippen LogP) is 4.02. The molecule has 1 aliphatic carbocycles. The van der Waals surface area contributed by atoms with Crippen molar-refractivity contribution >= 4 is 45.1 Å². The van der Waals surface area contributed by atoms with Gasteiger partial charge in [-0.3, -0.25) is 9.59 Å². The molecule has 2 rings (SSSR count). The van der Waals surface area contributed by atoms with Crippen molar-refractivity contribution in [3.63, 3.8) is 0 Å². The highest BCUT2D eigenvalue weighted by Crippen LogP contribution is 2.32. The predicted molar refractivity (Wildman–Crippen MR) is 85.5 cm³/mol. The Morgan fingerprint density at radius 3 is 2.52 bits per heavy atom. The monoisotopic (exact) mass is 371 g/mol. The van der Waals surface area contributed by atoms with Gasteiger partial charge in [-0.2, -0.15) is 0 Å². The third-order valence-corrected chi connectivity index (χ3v) is 4.66. The van der Waals surface area contributed by atoms with E-state index >= 15 is 0 Å². The molecular formula is C15H15BrClNO3. The number of rotatable bonds is 3. The maximum absolute atomic E-state index is 12.4. The van der Waals surface area contributed by atoms with Gasteiger partial charge in [-0.05, 0) is 53.4 Å². The molecule has 0 spiro atoms. The summed E-state index contributed by atoms with van der Waals surface area (Å²) in [5.41, 5.74) is 1.44. The fourth-order valence-electron chi connectivity index (χ4n) is 2.34. The lowest BCUT2D eigenvalue weighted by molar-refractivity contribution is -0.146. The normalized spacial score (nSPS) is 21.1. The van der Waals surface area contributed by atoms with E-state index in [0.717, 1.165) is 10.0 Å². The van der Waals surface area contributed by atoms with Crippen LogP contribution in [0.4, 0.5) is 5.69 Å². The van der Waals surface area contributed by atoms with Crippen molar-refractivity contribution in [3.8, 4) is 0 Å². The minimum Gasteiger partial charge on any atom is -0.481 e. The molecule has 1 aromatic carbocycles. The first-order valence-electron chi connectivity index (χ1n) is 6.54. The quantitative estimate of drug-likeness (QED) is 0.788. The number of carbonyl (C=O) groups is 2. The first-order valence-corrected chi connectivity index (χ1v) is 7.71. The first-order chi connectivity index (χ1) is 9.90. The van der Waals surface area contributed by atoms with Gasteiger partial charge in [-0.1, -0.05) is 23.8 Å². The summed E-state index contributed by atoms with van der Waals surface area (Å²) in [5.74, 6) is -2.50. The van der Waals surface area contributed by atoms with E-state index in [-0.39, 0.29) is 5.91 Å². The van der Waals surface area contributed by atoms with E-state index in [1.165, 1.54) is 0 Å². The van der Waals surface area contributed by atoms with E-state index < -0.39 is 17.8 Å². The highest BCUT2D eigenvalue weighted by atomic mass is 79.9. The molecule has 0 saturated carbocycles. The Morgan fingerprint density at radius 2 is 1.90 bits per heavy atom. The minimum atomic E-state index is -0.944. The molecule has 2 atom stereocenters. The topological polar surface area (TPSA) is 66.4 Å². The number of halogens is 2. The van der Waals surface area contributed by atoms with Crippen LogP contribution in [-0.4, -0.2) is 17.0 Å². The summed E-state index contributed by atoms with van der Waals surface area (Å²) in [5, 5.41) is 12.5. The molecule has 1 aliphatic rings. The number of amides is 1. The van der Waals surface area contributed by atoms with Gasteiger partial charge >= 0.3 is 5.97 Å². The highest BCUT2D eigenvalue weighted by Gasteiger charge is 2.34. The summed E-state index contributed by atoms with van der Waals surface area (Å²) in [6.07, 6.45) is 4.46. The van der Waals surface area contributed by atoms with Crippen molar-refractivity contribution in [1.29, 1.82) is 0 Å². The van der Waals surface area contributed by atoms with Crippen molar-refractivity contribution in [1.82, 2.24) is 0 Å². The van der Waals surface area contributed by atoms with Gasteiger partial charge < -0.3 is 10.4 Å². The van der Waals surface area contributed by atoms with Crippen LogP contribution in [0.5, 0.6) is 0 Å². The lowest BCUT2D eigenvalue weighted by Gasteiger charge is -2.24. The fraction of sp³-hybridized carbons (Fsp3) is 0.333. The molecule has 0 fully saturated rings. The number of hydrogen-bond acceptors (Lipinski definition) is 2. The van der Waals surface area contributed by atoms with Gasteiger partial charge in [-0.25, -0.2) is 0 Å². The molecule has 0 radical (unpaired) electrons. The summed E-state index contributed by atoms with van der Waals surface area (Å²) in [7, 11) is 0. The lowest BCUT2D eigenvalue weighted by atomic mass is 9.82. The average Bonchev–Trinajstić information content (AvgIpc) is 2.44. The molecule has 0 aliphatic heterocycles. The third kappa shape index (κ3) is 3.66. The number of benzene rings is 1. The van der Waals surface area contributed by atoms with E-state index in [2.05, 4.69) is 21.2 Å². The Balaban J connectivity index is 2.19. The Bertz CT molecular complexity index is 615. The summed E-state index contributed by atoms with van der Waals surface area (Å²) < 4.78 is 0.718. The number of aryl methyl sites for hydroxylation is 1. The average molecular weight is 373 g/mol. The fourth-order valence-corrected chi connectivity index (χ4v) is 3.07. The summed E-state index contributed by atoms with van der Waals surface area (Å²) >= 11 is 9.43. The van der Waals surface area contributed by atoms with E-state index in [4.69, 9.17) is 11.6 Å². The summed E-state index contributed by atoms with van der Waals surface area (Å²) in [6, 6.07) is 3.47. The number of hydrogen-bond donors (Lipinski definition) is 2. The van der Waals surface area contributed by atoms with Gasteiger partial charge in [0.25, 0.3) is 0 Å². The molecular weight excluding hydrogens is 358 g/mol. The molecule has 1 aromatic rings. The molecule has 21 heavy (non-hydrogen) atoms. The van der Waals surface area contributed by atoms with Crippen LogP contribution >= 0.6 is 27.5 Å². The molecule has 0 saturated heterocycles. The van der Waals surface area contributed by atoms with Gasteiger partial charge in [-0.15, -0.1) is 0 Å². The summed E-state index contributed by atoms with van der Waals surface area (Å²) in [4.78, 5) is 23.6. The zero-order valence-corrected chi connectivity index (χ0v) is 13.7. The third-order valence-electron chi connectivity index (χ3n) is 3.59. The number of allylic oxidation sites excluding steroid dienone is 2. The molecule has 4 nitrogen and oxygen atoms in total. The van der Waals surface area contributed by atoms with Gasteiger partial charge in [0.05, 0.1) is 17.5 Å². The molecule has 0 bridgehead atoms. The Kier molecular flexibility index (Phi) is 5.06. The number of anilines is 1. The maximum atomic E-state index is 12.4. The van der Waals surface area contributed by atoms with E-state index in [9.17, 15) is 14.7 Å². The van der Waals surface area contributed by atoms with Crippen LogP contribution in [0.1, 0.15) is 18.4 Å². The van der Waals surface area contributed by atoms with Crippen LogP contribution in [0.15, 0.2) is 28.8 Å². The van der Waals surface area contributed by atoms with Gasteiger partial charge in [0.1, 0.15) is 0 Å². The van der Waals surface area contributed by atoms with Crippen molar-refractivity contribution in [2.75, 3.05) is 5.32 Å². The van der Waals surface area contributed by atoms with Crippen LogP contribution < -0.4 is 5.32 Å². The molecule has 0 heterocycles. The van der Waals surface area contributed by atoms with Crippen LogP contribution in [0, 0.1) is 18.8 Å². The van der Waals surface area contributed by atoms with Crippen LogP contribution in [0.2, 0.25) is 5.02 Å². The van der Waals surface area contributed by atoms with Crippen molar-refractivity contribution in [2.24, 2.45) is 11.8 Å². The standard InChI is InChI=1S/C15H15BrClNO3/c1-8-6-11(16)13(7-12(8)17)18-14(19)9-4-2-3-5-10(9)15(20)21/h2-3,6-7,9-10H,4-5H2,1H3,(H,18,19)(H,20,21). The van der Waals surface area contributed by atoms with Crippen molar-refractivity contribution in [3.05, 3.63) is 39.3 Å². The summed E-state index contributed by atoms with van der Waals surface area (Å²) in [6.45, 7) is 1.87. The van der Waals surface area contributed by atoms with E-state index in [0.29, 0.717) is 23.6 Å². The number of aliphatic carboxylic acids is 1. The Hall–Kier alpha value is -1.33. The van der Waals surface area contributed by atoms with Gasteiger partial charge in [0.15, 0.2) is 0 Å². The molecule has 112 valence electrons. The molecule has 6 heteroatoms. The van der Waals surface area contributed by atoms with Crippen molar-refractivity contribution in [2.45, 2.75) is 19.8 Å². The Labute approximate surface area is 136 Å². The van der Waals surface area contributed by atoms with Gasteiger partial charge in [0, 0.05) is 9.50 Å². The number of carboxylic acids is 1. The van der Waals surface area contributed by atoms with Crippen LogP contribution in [0.3, 0.4) is 0 Å². The zero-order valence-electron chi connectivity index (χ0n) is 11.4. The number of nitrogens with one attached hydrogen (secondary N) is 1. The largest absolute Gasteiger partial charge is 0.481 e. The Morgan fingerprint density at radius 1 is 1.29 bits per heavy atom. The first kappa shape index (κ1) is 16.0. The molecule has 0 aromatic heterocycles. The second-order valence-electron chi connectivity index (χ2n) is 5.06. The van der Waals surface area contributed by atoms with Gasteiger partial charge in [0.2, 0.25) is 5.91 Å². The minimum absolute atomic E-state index is 0.299.